The van der Waals surface area contributed by atoms with Crippen molar-refractivity contribution >= 4 is 49.6 Å². The first-order chi connectivity index (χ1) is 44.3. The number of aryl methyl sites for hydroxylation is 1. The van der Waals surface area contributed by atoms with Gasteiger partial charge in [-0.25, -0.2) is 43.7 Å². The molecular formula is C49H78N18O24P2. The van der Waals surface area contributed by atoms with Crippen molar-refractivity contribution in [1.29, 1.82) is 0 Å². The maximum absolute atomic E-state index is 13.6. The fraction of sp³-hybridized carbons (Fsp3) is 0.755. The highest BCUT2D eigenvalue weighted by molar-refractivity contribution is 7.47. The number of aliphatic hydroxyl groups excluding tert-OH is 8. The second-order valence-corrected chi connectivity index (χ2v) is 26.2. The summed E-state index contributed by atoms with van der Waals surface area (Å²) in [5, 5.41) is 95.4. The topological polar surface area (TPSA) is 647 Å². The third kappa shape index (κ3) is 15.2. The van der Waals surface area contributed by atoms with Crippen LogP contribution in [0.3, 0.4) is 0 Å². The molecule has 44 heteroatoms. The monoisotopic (exact) mass is 1360 g/mol. The predicted molar refractivity (Wildman–Crippen MR) is 307 cm³/mol. The summed E-state index contributed by atoms with van der Waals surface area (Å²) < 4.78 is 101. The van der Waals surface area contributed by atoms with Crippen LogP contribution in [0.1, 0.15) is 50.3 Å². The molecule has 42 nitrogen and oxygen atoms in total. The first-order valence-corrected chi connectivity index (χ1v) is 32.7. The molecule has 2 unspecified atom stereocenters. The number of fused-ring (bicyclic) bond motifs is 2. The maximum Gasteiger partial charge on any atom is 0.472 e. The molecule has 6 aliphatic rings. The summed E-state index contributed by atoms with van der Waals surface area (Å²) in [6.07, 6.45) is -21.2. The Kier molecular flexibility index (Phi) is 21.8. The second kappa shape index (κ2) is 29.1. The van der Waals surface area contributed by atoms with Crippen LogP contribution in [0.4, 0.5) is 11.6 Å². The van der Waals surface area contributed by atoms with Crippen molar-refractivity contribution in [1.82, 2.24) is 54.0 Å². The lowest BCUT2D eigenvalue weighted by molar-refractivity contribution is -0.309. The first kappa shape index (κ1) is 69.6. The van der Waals surface area contributed by atoms with E-state index in [1.807, 2.05) is 0 Å². The number of aromatic nitrogens is 11. The molecule has 0 spiro atoms. The van der Waals surface area contributed by atoms with Gasteiger partial charge in [0.05, 0.1) is 75.6 Å². The maximum atomic E-state index is 13.6. The number of phosphoric acid groups is 2. The molecule has 0 aromatic carbocycles. The van der Waals surface area contributed by atoms with Crippen LogP contribution in [-0.2, 0) is 78.1 Å². The normalized spacial score (nSPS) is 38.8. The molecule has 0 radical (unpaired) electrons. The number of nitrogens with zero attached hydrogens (tertiary/aromatic N) is 11. The van der Waals surface area contributed by atoms with E-state index in [9.17, 15) is 59.8 Å². The average molecular weight is 1370 g/mol. The fourth-order valence-corrected chi connectivity index (χ4v) is 13.6. The Bertz CT molecular complexity index is 3410. The third-order valence-electron chi connectivity index (χ3n) is 17.0. The highest BCUT2D eigenvalue weighted by atomic mass is 31.2. The number of anilines is 2. The smallest absolute Gasteiger partial charge is 0.394 e. The van der Waals surface area contributed by atoms with Gasteiger partial charge in [-0.3, -0.25) is 27.2 Å². The Labute approximate surface area is 526 Å². The van der Waals surface area contributed by atoms with Gasteiger partial charge >= 0.3 is 15.6 Å². The fourth-order valence-electron chi connectivity index (χ4n) is 11.9. The van der Waals surface area contributed by atoms with Crippen LogP contribution >= 0.6 is 15.6 Å². The molecular weight excluding hydrogens is 1290 g/mol. The molecule has 5 aliphatic heterocycles. The van der Waals surface area contributed by atoms with Crippen molar-refractivity contribution in [2.24, 2.45) is 28.7 Å². The zero-order chi connectivity index (χ0) is 66.4. The van der Waals surface area contributed by atoms with Gasteiger partial charge in [0.15, 0.2) is 41.8 Å². The standard InChI is InChI=1S/C49H78N18O24P2/c50-8-23-35(71)37(73)30(53)47(85-23)89-41-25(11-68)87-49(39(41)75)90-42-34(70)19(51)5-20(52)40(42)88-48-31(54)38(74)36(72)24(86-48)10-65-9-18(63-64-65)3-1-2-4-80-92(76,77)81-13-27-22(7-29(84-27)67-17-62-33-44(56)58-15-60-46(33)67)91-93(78,79)82-12-26-21(69)6-28(83-26)66-16-61-32-43(55)57-14-59-45(32)66/h9,14-17,19-31,34-42,47-49,68-75H,1-8,10-13,50-54H2,(H,76,77)(H,78,79)(H2,55,57,59)(H2,56,58,60)/t19-,20+,21+,22+,23+,24-,25-,26-,27-,28-,29-,30-,31-,34+,35-,36-,37-,38-,39-,40-,41-,42-,47-,48-,49+/m1/s1. The molecule has 10 heterocycles. The van der Waals surface area contributed by atoms with Crippen molar-refractivity contribution in [3.8, 4) is 0 Å². The minimum atomic E-state index is -5.02. The Morgan fingerprint density at radius 2 is 1.15 bits per heavy atom. The van der Waals surface area contributed by atoms with Crippen LogP contribution in [-0.4, -0.2) is 278 Å². The Balaban J connectivity index is 0.657. The Morgan fingerprint density at radius 3 is 1.80 bits per heavy atom. The number of hydrogen-bond acceptors (Lipinski definition) is 37. The first-order valence-electron chi connectivity index (χ1n) is 29.7. The minimum Gasteiger partial charge on any atom is -0.394 e. The molecule has 5 aromatic heterocycles. The molecule has 5 aromatic rings. The van der Waals surface area contributed by atoms with E-state index in [0.29, 0.717) is 23.3 Å². The average Bonchev–Trinajstić information content (AvgIpc) is 1.78. The summed E-state index contributed by atoms with van der Waals surface area (Å²) in [6, 6.07) is -4.71. The largest absolute Gasteiger partial charge is 0.472 e. The van der Waals surface area contributed by atoms with Crippen LogP contribution in [0.2, 0.25) is 0 Å². The number of phosphoric ester groups is 2. The predicted octanol–water partition coefficient (Wildman–Crippen LogP) is -7.82. The second-order valence-electron chi connectivity index (χ2n) is 23.4. The lowest BCUT2D eigenvalue weighted by Crippen LogP contribution is -2.68. The molecule has 518 valence electrons. The van der Waals surface area contributed by atoms with E-state index in [1.165, 1.54) is 45.3 Å². The van der Waals surface area contributed by atoms with Crippen molar-refractivity contribution in [3.05, 3.63) is 37.2 Å². The van der Waals surface area contributed by atoms with E-state index in [1.54, 1.807) is 0 Å². The van der Waals surface area contributed by atoms with Gasteiger partial charge in [-0.15, -0.1) is 5.10 Å². The molecule has 0 amide bonds. The molecule has 1 aliphatic carbocycles. The molecule has 11 rings (SSSR count). The van der Waals surface area contributed by atoms with Crippen molar-refractivity contribution in [2.45, 2.75) is 198 Å². The van der Waals surface area contributed by atoms with Crippen LogP contribution in [0.25, 0.3) is 22.3 Å². The highest BCUT2D eigenvalue weighted by Gasteiger charge is 2.55. The number of aliphatic hydroxyl groups is 8. The van der Waals surface area contributed by atoms with Crippen LogP contribution in [0.15, 0.2) is 31.5 Å². The summed E-state index contributed by atoms with van der Waals surface area (Å²) in [6.45, 7) is -2.76. The number of nitrogens with two attached hydrogens (primary N) is 7. The number of nitrogen functional groups attached to an aromatic ring is 2. The summed E-state index contributed by atoms with van der Waals surface area (Å²) in [5.74, 6) is 0.198. The third-order valence-corrected chi connectivity index (χ3v) is 19.0. The lowest BCUT2D eigenvalue weighted by Gasteiger charge is -2.47. The molecule has 6 fully saturated rings. The molecule has 93 heavy (non-hydrogen) atoms. The lowest BCUT2D eigenvalue weighted by atomic mass is 9.84. The highest BCUT2D eigenvalue weighted by Crippen LogP contribution is 2.51. The zero-order valence-electron chi connectivity index (χ0n) is 49.3. The zero-order valence-corrected chi connectivity index (χ0v) is 51.1. The van der Waals surface area contributed by atoms with Gasteiger partial charge in [0.1, 0.15) is 122 Å². The summed E-state index contributed by atoms with van der Waals surface area (Å²) in [5.41, 5.74) is 44.4. The van der Waals surface area contributed by atoms with Gasteiger partial charge < -0.3 is 129 Å². The Morgan fingerprint density at radius 1 is 0.581 bits per heavy atom. The number of rotatable bonds is 26. The molecule has 1 saturated carbocycles. The number of unbranched alkanes of at least 4 members (excludes halogenated alkanes) is 1. The minimum absolute atomic E-state index is 0.0201. The summed E-state index contributed by atoms with van der Waals surface area (Å²) >= 11 is 0. The van der Waals surface area contributed by atoms with Crippen molar-refractivity contribution in [3.63, 3.8) is 0 Å². The van der Waals surface area contributed by atoms with Crippen molar-refractivity contribution in [2.75, 3.05) is 44.4 Å². The van der Waals surface area contributed by atoms with Gasteiger partial charge in [0.2, 0.25) is 0 Å². The quantitative estimate of drug-likeness (QED) is 0.0181. The van der Waals surface area contributed by atoms with Gasteiger partial charge in [-0.1, -0.05) is 5.21 Å². The number of ether oxygens (including phenoxy) is 8. The van der Waals surface area contributed by atoms with Crippen molar-refractivity contribution < 1.29 is 116 Å². The van der Waals surface area contributed by atoms with Crippen LogP contribution in [0, 0.1) is 0 Å². The van der Waals surface area contributed by atoms with E-state index in [4.69, 9.17) is 96.1 Å². The van der Waals surface area contributed by atoms with E-state index in [0.717, 1.165) is 0 Å². The van der Waals surface area contributed by atoms with E-state index in [2.05, 4.69) is 40.2 Å². The number of hydrogen-bond donors (Lipinski definition) is 17. The Hall–Kier alpha value is -4.78. The van der Waals surface area contributed by atoms with Crippen LogP contribution in [0.5, 0.6) is 0 Å². The van der Waals surface area contributed by atoms with E-state index in [-0.39, 0.29) is 74.6 Å². The van der Waals surface area contributed by atoms with Crippen LogP contribution < -0.4 is 40.1 Å². The summed E-state index contributed by atoms with van der Waals surface area (Å²) in [7, 11) is -9.86. The molecule has 27 atom stereocenters. The van der Waals surface area contributed by atoms with Gasteiger partial charge in [-0.05, 0) is 25.7 Å². The van der Waals surface area contributed by atoms with Gasteiger partial charge in [-0.2, -0.15) is 0 Å². The van der Waals surface area contributed by atoms with Gasteiger partial charge in [0.25, 0.3) is 0 Å². The van der Waals surface area contributed by atoms with Gasteiger partial charge in [0, 0.05) is 37.7 Å². The molecule has 0 bridgehead atoms. The van der Waals surface area contributed by atoms with E-state index >= 15 is 0 Å². The SMILES string of the molecule is NC[C@@H]1O[C@H](O[C@H]2[C@@H](O)[C@H](O[C@@H]3[C@@H](O)[C@H](N)C[C@H](N)[C@H]3O[C@H]3O[C@H](Cn4cc(CCCCOP(=O)(O)OC[C@H]5O[C@@H](n6cnc7c(N)ncnc76)C[C@@H]5OP(=O)(O)OC[C@H]5O[C@@H](n6cnc7c(N)ncnc76)C[C@@H]5O)nn4)[C@@H](O)[C@H](O)[C@H]3N)O[C@@H]2CO)[C@H](N)[C@@H](O)[C@@H]1O. The van der Waals surface area contributed by atoms with E-state index < -0.39 is 189 Å². The number of imidazole rings is 2. The molecule has 5 saturated heterocycles. The molecule has 24 N–H and O–H groups in total. The summed E-state index contributed by atoms with van der Waals surface area (Å²) in [4.78, 5) is 46.5.